The molecule has 2 atom stereocenters. The lowest BCUT2D eigenvalue weighted by atomic mass is 9.94. The molecule has 0 aliphatic carbocycles. The standard InChI is InChI=1S/C30H39F2N3O4/c1-3-30(32,4-2)19-34-14-11-20(12-15-34)18-39-21-9-10-23(25(31)17-21)22-7-5-6-8-24(22)29(38)35-16-13-26(36)27(35)28(33)37/h5-10,17,20,26-27,36H,3-4,11-16,18-19H2,1-2H3,(H2,33,37)/t26-,27-/m0/s1. The second-order valence-corrected chi connectivity index (χ2v) is 10.8. The first-order valence-corrected chi connectivity index (χ1v) is 13.9. The minimum absolute atomic E-state index is 0.183. The van der Waals surface area contributed by atoms with E-state index in [1.54, 1.807) is 36.4 Å². The molecule has 212 valence electrons. The molecule has 2 aliphatic heterocycles. The first-order chi connectivity index (χ1) is 18.7. The number of benzene rings is 2. The highest BCUT2D eigenvalue weighted by Gasteiger charge is 2.40. The zero-order valence-electron chi connectivity index (χ0n) is 22.7. The quantitative estimate of drug-likeness (QED) is 0.469. The van der Waals surface area contributed by atoms with E-state index in [9.17, 15) is 19.1 Å². The van der Waals surface area contributed by atoms with E-state index in [2.05, 4.69) is 4.90 Å². The van der Waals surface area contributed by atoms with E-state index in [4.69, 9.17) is 10.5 Å². The van der Waals surface area contributed by atoms with Crippen molar-refractivity contribution < 1.29 is 28.2 Å². The lowest BCUT2D eigenvalue weighted by molar-refractivity contribution is -0.123. The van der Waals surface area contributed by atoms with E-state index in [0.29, 0.717) is 43.2 Å². The van der Waals surface area contributed by atoms with Gasteiger partial charge in [-0.1, -0.05) is 32.0 Å². The Kier molecular flexibility index (Phi) is 9.23. The Bertz CT molecular complexity index is 1160. The highest BCUT2D eigenvalue weighted by molar-refractivity contribution is 6.03. The van der Waals surface area contributed by atoms with Gasteiger partial charge in [-0.3, -0.25) is 9.59 Å². The molecule has 2 aromatic carbocycles. The van der Waals surface area contributed by atoms with Crippen LogP contribution in [0.5, 0.6) is 5.75 Å². The maximum atomic E-state index is 15.3. The lowest BCUT2D eigenvalue weighted by Crippen LogP contribution is -2.48. The molecule has 2 aliphatic rings. The van der Waals surface area contributed by atoms with Crippen molar-refractivity contribution in [3.05, 3.63) is 53.8 Å². The zero-order valence-corrected chi connectivity index (χ0v) is 22.7. The van der Waals surface area contributed by atoms with Crippen LogP contribution < -0.4 is 10.5 Å². The molecule has 0 spiro atoms. The van der Waals surface area contributed by atoms with Gasteiger partial charge in [0.2, 0.25) is 5.91 Å². The van der Waals surface area contributed by atoms with Crippen molar-refractivity contribution >= 4 is 11.8 Å². The fraction of sp³-hybridized carbons (Fsp3) is 0.533. The molecule has 39 heavy (non-hydrogen) atoms. The van der Waals surface area contributed by atoms with E-state index in [1.165, 1.54) is 11.0 Å². The van der Waals surface area contributed by atoms with Crippen LogP contribution in [0.2, 0.25) is 0 Å². The Balaban J connectivity index is 1.40. The molecular formula is C30H39F2N3O4. The minimum Gasteiger partial charge on any atom is -0.493 e. The maximum Gasteiger partial charge on any atom is 0.255 e. The molecule has 0 aromatic heterocycles. The Morgan fingerprint density at radius 2 is 1.74 bits per heavy atom. The number of carbonyl (C=O) groups excluding carboxylic acids is 2. The summed E-state index contributed by atoms with van der Waals surface area (Å²) in [4.78, 5) is 28.6. The number of aliphatic hydroxyl groups excluding tert-OH is 1. The van der Waals surface area contributed by atoms with Crippen LogP contribution in [0.4, 0.5) is 8.78 Å². The number of hydrogen-bond acceptors (Lipinski definition) is 5. The third-order valence-corrected chi connectivity index (χ3v) is 8.27. The molecule has 4 rings (SSSR count). The summed E-state index contributed by atoms with van der Waals surface area (Å²) in [5, 5.41) is 10.1. The number of hydrogen-bond donors (Lipinski definition) is 2. The summed E-state index contributed by atoms with van der Waals surface area (Å²) >= 11 is 0. The SMILES string of the molecule is CCC(F)(CC)CN1CCC(COc2ccc(-c3ccccc3C(=O)N3CC[C@H](O)[C@H]3C(N)=O)c(F)c2)CC1. The number of halogens is 2. The molecule has 2 saturated heterocycles. The Morgan fingerprint density at radius 3 is 2.38 bits per heavy atom. The summed E-state index contributed by atoms with van der Waals surface area (Å²) < 4.78 is 36.0. The van der Waals surface area contributed by atoms with E-state index in [-0.39, 0.29) is 24.1 Å². The first-order valence-electron chi connectivity index (χ1n) is 13.9. The highest BCUT2D eigenvalue weighted by atomic mass is 19.1. The zero-order chi connectivity index (χ0) is 28.2. The minimum atomic E-state index is -1.13. The molecule has 9 heteroatoms. The normalized spacial score (nSPS) is 20.8. The molecule has 2 amide bonds. The van der Waals surface area contributed by atoms with Crippen LogP contribution >= 0.6 is 0 Å². The van der Waals surface area contributed by atoms with Crippen LogP contribution in [0.1, 0.15) is 56.3 Å². The topological polar surface area (TPSA) is 96.1 Å². The number of aliphatic hydroxyl groups is 1. The molecule has 3 N–H and O–H groups in total. The number of primary amides is 1. The van der Waals surface area contributed by atoms with Crippen molar-refractivity contribution in [1.29, 1.82) is 0 Å². The summed E-state index contributed by atoms with van der Waals surface area (Å²) in [5.74, 6) is -1.08. The number of alkyl halides is 1. The Labute approximate surface area is 228 Å². The second kappa shape index (κ2) is 12.4. The molecule has 2 fully saturated rings. The van der Waals surface area contributed by atoms with Gasteiger partial charge in [-0.25, -0.2) is 8.78 Å². The van der Waals surface area contributed by atoms with Gasteiger partial charge in [0, 0.05) is 30.3 Å². The van der Waals surface area contributed by atoms with Crippen LogP contribution in [0.25, 0.3) is 11.1 Å². The number of piperidine rings is 1. The van der Waals surface area contributed by atoms with Crippen LogP contribution in [-0.2, 0) is 4.79 Å². The van der Waals surface area contributed by atoms with Gasteiger partial charge in [0.1, 0.15) is 23.3 Å². The summed E-state index contributed by atoms with van der Waals surface area (Å²) in [6, 6.07) is 10.1. The van der Waals surface area contributed by atoms with Gasteiger partial charge in [0.05, 0.1) is 12.7 Å². The van der Waals surface area contributed by atoms with Crippen LogP contribution in [0, 0.1) is 11.7 Å². The van der Waals surface area contributed by atoms with Crippen LogP contribution in [0.15, 0.2) is 42.5 Å². The van der Waals surface area contributed by atoms with E-state index in [0.717, 1.165) is 25.9 Å². The predicted molar refractivity (Wildman–Crippen MR) is 146 cm³/mol. The highest BCUT2D eigenvalue weighted by Crippen LogP contribution is 2.32. The fourth-order valence-corrected chi connectivity index (χ4v) is 5.61. The molecule has 2 aromatic rings. The van der Waals surface area contributed by atoms with E-state index < -0.39 is 35.4 Å². The number of nitrogens with two attached hydrogens (primary N) is 1. The predicted octanol–water partition coefficient (Wildman–Crippen LogP) is 4.17. The summed E-state index contributed by atoms with van der Waals surface area (Å²) in [7, 11) is 0. The van der Waals surface area contributed by atoms with Crippen LogP contribution in [-0.4, -0.2) is 77.3 Å². The number of nitrogens with zero attached hydrogens (tertiary/aromatic N) is 2. The average Bonchev–Trinajstić information content (AvgIpc) is 3.34. The summed E-state index contributed by atoms with van der Waals surface area (Å²) in [6.07, 6.45) is 2.05. The van der Waals surface area contributed by atoms with Crippen molar-refractivity contribution in [3.8, 4) is 16.9 Å². The molecule has 0 saturated carbocycles. The van der Waals surface area contributed by atoms with Gasteiger partial charge in [-0.15, -0.1) is 0 Å². The summed E-state index contributed by atoms with van der Waals surface area (Å²) in [6.45, 7) is 6.53. The van der Waals surface area contributed by atoms with Crippen molar-refractivity contribution in [2.45, 2.75) is 63.8 Å². The second-order valence-electron chi connectivity index (χ2n) is 10.8. The third-order valence-electron chi connectivity index (χ3n) is 8.27. The van der Waals surface area contributed by atoms with Crippen LogP contribution in [0.3, 0.4) is 0 Å². The molecule has 7 nitrogen and oxygen atoms in total. The fourth-order valence-electron chi connectivity index (χ4n) is 5.61. The molecule has 0 radical (unpaired) electrons. The first kappa shape index (κ1) is 29.0. The number of rotatable bonds is 10. The third kappa shape index (κ3) is 6.58. The molecular weight excluding hydrogens is 504 g/mol. The molecule has 0 bridgehead atoms. The van der Waals surface area contributed by atoms with Crippen molar-refractivity contribution in [2.75, 3.05) is 32.8 Å². The number of ether oxygens (including phenoxy) is 1. The smallest absolute Gasteiger partial charge is 0.255 e. The van der Waals surface area contributed by atoms with Crippen molar-refractivity contribution in [2.24, 2.45) is 11.7 Å². The molecule has 2 heterocycles. The van der Waals surface area contributed by atoms with Gasteiger partial charge in [-0.2, -0.15) is 0 Å². The van der Waals surface area contributed by atoms with Gasteiger partial charge in [0.25, 0.3) is 5.91 Å². The van der Waals surface area contributed by atoms with Crippen molar-refractivity contribution in [1.82, 2.24) is 9.80 Å². The Morgan fingerprint density at radius 1 is 1.05 bits per heavy atom. The van der Waals surface area contributed by atoms with E-state index in [1.807, 2.05) is 13.8 Å². The van der Waals surface area contributed by atoms with E-state index >= 15 is 4.39 Å². The largest absolute Gasteiger partial charge is 0.493 e. The van der Waals surface area contributed by atoms with Gasteiger partial charge < -0.3 is 25.4 Å². The number of amides is 2. The molecule has 0 unspecified atom stereocenters. The maximum absolute atomic E-state index is 15.3. The van der Waals surface area contributed by atoms with Gasteiger partial charge in [0.15, 0.2) is 0 Å². The summed E-state index contributed by atoms with van der Waals surface area (Å²) in [5.41, 5.74) is 5.13. The monoisotopic (exact) mass is 543 g/mol. The average molecular weight is 544 g/mol. The van der Waals surface area contributed by atoms with Gasteiger partial charge in [-0.05, 0) is 74.9 Å². The van der Waals surface area contributed by atoms with Gasteiger partial charge >= 0.3 is 0 Å². The number of likely N-dealkylation sites (tertiary alicyclic amines) is 2. The number of carbonyl (C=O) groups is 2. The Hall–Kier alpha value is -3.04. The lowest BCUT2D eigenvalue weighted by Gasteiger charge is -2.36. The van der Waals surface area contributed by atoms with Crippen molar-refractivity contribution in [3.63, 3.8) is 0 Å².